The quantitative estimate of drug-likeness (QED) is 0.718. The van der Waals surface area contributed by atoms with Crippen LogP contribution in [0.3, 0.4) is 0 Å². The van der Waals surface area contributed by atoms with Crippen LogP contribution in [0.15, 0.2) is 12.7 Å². The molecule has 0 bridgehead atoms. The summed E-state index contributed by atoms with van der Waals surface area (Å²) in [7, 11) is 0. The molecule has 2 N–H and O–H groups in total. The van der Waals surface area contributed by atoms with E-state index in [2.05, 4.69) is 6.58 Å². The van der Waals surface area contributed by atoms with Crippen LogP contribution in [-0.4, -0.2) is 28.9 Å². The Morgan fingerprint density at radius 1 is 1.53 bits per heavy atom. The molecule has 0 aromatic carbocycles. The lowest BCUT2D eigenvalue weighted by Crippen LogP contribution is -2.55. The molecule has 1 aliphatic carbocycles. The highest BCUT2D eigenvalue weighted by Gasteiger charge is 2.40. The highest BCUT2D eigenvalue weighted by atomic mass is 16.2. The molecule has 0 aromatic rings. The van der Waals surface area contributed by atoms with Crippen molar-refractivity contribution in [3.8, 4) is 0 Å². The van der Waals surface area contributed by atoms with Gasteiger partial charge in [-0.25, -0.2) is 0 Å². The first-order valence-corrected chi connectivity index (χ1v) is 5.72. The molecule has 1 saturated carbocycles. The molecule has 0 unspecified atom stereocenters. The molecular formula is C12H22N2O. The maximum atomic E-state index is 12.3. The molecule has 15 heavy (non-hydrogen) atoms. The van der Waals surface area contributed by atoms with Crippen LogP contribution in [0.25, 0.3) is 0 Å². The molecule has 0 aliphatic heterocycles. The van der Waals surface area contributed by atoms with Crippen molar-refractivity contribution >= 4 is 5.91 Å². The predicted octanol–water partition coefficient (Wildman–Crippen LogP) is 1.68. The summed E-state index contributed by atoms with van der Waals surface area (Å²) in [5, 5.41) is 0. The molecule has 0 spiro atoms. The summed E-state index contributed by atoms with van der Waals surface area (Å²) in [4.78, 5) is 14.1. The van der Waals surface area contributed by atoms with E-state index in [4.69, 9.17) is 5.73 Å². The molecule has 0 atom stereocenters. The van der Waals surface area contributed by atoms with E-state index in [1.165, 1.54) is 0 Å². The molecule has 86 valence electrons. The van der Waals surface area contributed by atoms with Gasteiger partial charge in [0.2, 0.25) is 5.91 Å². The fourth-order valence-electron chi connectivity index (χ4n) is 2.17. The fraction of sp³-hybridized carbons (Fsp3) is 0.750. The highest BCUT2D eigenvalue weighted by Crippen LogP contribution is 2.29. The second kappa shape index (κ2) is 4.79. The third kappa shape index (κ3) is 2.59. The van der Waals surface area contributed by atoms with Crippen molar-refractivity contribution in [3.05, 3.63) is 12.7 Å². The first kappa shape index (κ1) is 12.2. The molecule has 0 saturated heterocycles. The van der Waals surface area contributed by atoms with Gasteiger partial charge in [-0.1, -0.05) is 18.9 Å². The zero-order chi connectivity index (χ0) is 11.5. The molecule has 1 aliphatic rings. The van der Waals surface area contributed by atoms with E-state index in [-0.39, 0.29) is 11.9 Å². The summed E-state index contributed by atoms with van der Waals surface area (Å²) in [5.41, 5.74) is 5.54. The number of nitrogens with two attached hydrogens (primary N) is 1. The van der Waals surface area contributed by atoms with E-state index in [9.17, 15) is 4.79 Å². The predicted molar refractivity (Wildman–Crippen MR) is 62.4 cm³/mol. The molecule has 3 heteroatoms. The summed E-state index contributed by atoms with van der Waals surface area (Å²) in [6, 6.07) is 0.191. The largest absolute Gasteiger partial charge is 0.335 e. The minimum absolute atomic E-state index is 0.0925. The Hall–Kier alpha value is -0.830. The van der Waals surface area contributed by atoms with Crippen LogP contribution in [0.1, 0.15) is 39.5 Å². The minimum atomic E-state index is -0.604. The zero-order valence-corrected chi connectivity index (χ0v) is 9.83. The van der Waals surface area contributed by atoms with Gasteiger partial charge in [0.25, 0.3) is 0 Å². The fourth-order valence-corrected chi connectivity index (χ4v) is 2.17. The average molecular weight is 210 g/mol. The molecule has 0 radical (unpaired) electrons. The van der Waals surface area contributed by atoms with Crippen LogP contribution in [0.5, 0.6) is 0 Å². The SMILES string of the molecule is C=CCN(C(=O)C1(N)CCCC1)C(C)C. The van der Waals surface area contributed by atoms with E-state index in [1.807, 2.05) is 18.7 Å². The Morgan fingerprint density at radius 3 is 2.47 bits per heavy atom. The first-order chi connectivity index (χ1) is 7.01. The van der Waals surface area contributed by atoms with E-state index in [0.29, 0.717) is 6.54 Å². The third-order valence-corrected chi connectivity index (χ3v) is 3.13. The van der Waals surface area contributed by atoms with Crippen LogP contribution in [0, 0.1) is 0 Å². The molecule has 1 rings (SSSR count). The van der Waals surface area contributed by atoms with Gasteiger partial charge >= 0.3 is 0 Å². The van der Waals surface area contributed by atoms with E-state index in [0.717, 1.165) is 25.7 Å². The van der Waals surface area contributed by atoms with Gasteiger partial charge in [-0.05, 0) is 26.7 Å². The third-order valence-electron chi connectivity index (χ3n) is 3.13. The van der Waals surface area contributed by atoms with Crippen molar-refractivity contribution in [1.82, 2.24) is 4.90 Å². The molecule has 0 aromatic heterocycles. The van der Waals surface area contributed by atoms with Crippen molar-refractivity contribution in [3.63, 3.8) is 0 Å². The number of rotatable bonds is 4. The normalized spacial score (nSPS) is 19.2. The van der Waals surface area contributed by atoms with Crippen molar-refractivity contribution in [2.24, 2.45) is 5.73 Å². The standard InChI is InChI=1S/C12H22N2O/c1-4-9-14(10(2)3)11(15)12(13)7-5-6-8-12/h4,10H,1,5-9,13H2,2-3H3. The van der Waals surface area contributed by atoms with E-state index < -0.39 is 5.54 Å². The topological polar surface area (TPSA) is 46.3 Å². The van der Waals surface area contributed by atoms with Crippen LogP contribution in [-0.2, 0) is 4.79 Å². The monoisotopic (exact) mass is 210 g/mol. The van der Waals surface area contributed by atoms with Crippen LogP contribution in [0.2, 0.25) is 0 Å². The summed E-state index contributed by atoms with van der Waals surface area (Å²) >= 11 is 0. The van der Waals surface area contributed by atoms with Crippen molar-refractivity contribution in [2.75, 3.05) is 6.54 Å². The second-order valence-corrected chi connectivity index (χ2v) is 4.70. The minimum Gasteiger partial charge on any atom is -0.335 e. The lowest BCUT2D eigenvalue weighted by Gasteiger charge is -2.33. The zero-order valence-electron chi connectivity index (χ0n) is 9.83. The molecule has 3 nitrogen and oxygen atoms in total. The van der Waals surface area contributed by atoms with Crippen molar-refractivity contribution < 1.29 is 4.79 Å². The Balaban J connectivity index is 2.74. The maximum absolute atomic E-state index is 12.3. The maximum Gasteiger partial charge on any atom is 0.243 e. The van der Waals surface area contributed by atoms with Gasteiger partial charge in [0, 0.05) is 12.6 Å². The molecule has 1 fully saturated rings. The van der Waals surface area contributed by atoms with Crippen LogP contribution < -0.4 is 5.73 Å². The number of hydrogen-bond acceptors (Lipinski definition) is 2. The van der Waals surface area contributed by atoms with Gasteiger partial charge < -0.3 is 10.6 Å². The number of hydrogen-bond donors (Lipinski definition) is 1. The van der Waals surface area contributed by atoms with Crippen molar-refractivity contribution in [2.45, 2.75) is 51.1 Å². The number of carbonyl (C=O) groups is 1. The Kier molecular flexibility index (Phi) is 3.91. The lowest BCUT2D eigenvalue weighted by molar-refractivity contribution is -0.137. The van der Waals surface area contributed by atoms with Gasteiger partial charge in [0.1, 0.15) is 0 Å². The molecule has 0 heterocycles. The first-order valence-electron chi connectivity index (χ1n) is 5.72. The van der Waals surface area contributed by atoms with Gasteiger partial charge in [-0.15, -0.1) is 6.58 Å². The van der Waals surface area contributed by atoms with E-state index >= 15 is 0 Å². The second-order valence-electron chi connectivity index (χ2n) is 4.70. The highest BCUT2D eigenvalue weighted by molar-refractivity contribution is 5.86. The van der Waals surface area contributed by atoms with Gasteiger partial charge in [-0.3, -0.25) is 4.79 Å². The summed E-state index contributed by atoms with van der Waals surface area (Å²) < 4.78 is 0. The van der Waals surface area contributed by atoms with Crippen LogP contribution >= 0.6 is 0 Å². The Bertz CT molecular complexity index is 242. The number of amides is 1. The molecular weight excluding hydrogens is 188 g/mol. The van der Waals surface area contributed by atoms with Gasteiger partial charge in [-0.2, -0.15) is 0 Å². The number of carbonyl (C=O) groups excluding carboxylic acids is 1. The Morgan fingerprint density at radius 2 is 2.07 bits per heavy atom. The van der Waals surface area contributed by atoms with Gasteiger partial charge in [0.05, 0.1) is 5.54 Å². The lowest BCUT2D eigenvalue weighted by atomic mass is 9.96. The Labute approximate surface area is 92.3 Å². The molecule has 1 amide bonds. The van der Waals surface area contributed by atoms with E-state index in [1.54, 1.807) is 6.08 Å². The van der Waals surface area contributed by atoms with Crippen molar-refractivity contribution in [1.29, 1.82) is 0 Å². The average Bonchev–Trinajstić information content (AvgIpc) is 2.61. The summed E-state index contributed by atoms with van der Waals surface area (Å²) in [5.74, 6) is 0.0925. The number of nitrogens with zero attached hydrogens (tertiary/aromatic N) is 1. The van der Waals surface area contributed by atoms with Crippen LogP contribution in [0.4, 0.5) is 0 Å². The smallest absolute Gasteiger partial charge is 0.243 e. The van der Waals surface area contributed by atoms with Gasteiger partial charge in [0.15, 0.2) is 0 Å². The summed E-state index contributed by atoms with van der Waals surface area (Å²) in [6.07, 6.45) is 5.55. The summed E-state index contributed by atoms with van der Waals surface area (Å²) in [6.45, 7) is 8.30.